The molecular weight excluding hydrogens is 356 g/mol. The Morgan fingerprint density at radius 1 is 1.29 bits per heavy atom. The van der Waals surface area contributed by atoms with Gasteiger partial charge in [0.1, 0.15) is 11.5 Å². The minimum absolute atomic E-state index is 0.00873. The normalized spacial score (nSPS) is 18.1. The number of benzene rings is 1. The summed E-state index contributed by atoms with van der Waals surface area (Å²) in [7, 11) is 1.58. The molecule has 1 fully saturated rings. The summed E-state index contributed by atoms with van der Waals surface area (Å²) < 4.78 is 5.15. The van der Waals surface area contributed by atoms with E-state index < -0.39 is 0 Å². The quantitative estimate of drug-likeness (QED) is 0.842. The largest absolute Gasteiger partial charge is 0.507 e. The Bertz CT molecular complexity index is 903. The number of ether oxygens (including phenoxy) is 1. The molecule has 7 heteroatoms. The molecule has 0 atom stereocenters. The van der Waals surface area contributed by atoms with Gasteiger partial charge in [-0.15, -0.1) is 0 Å². The number of nitrogens with zero attached hydrogens (tertiary/aromatic N) is 3. The van der Waals surface area contributed by atoms with Gasteiger partial charge in [0.05, 0.1) is 12.8 Å². The van der Waals surface area contributed by atoms with E-state index in [0.29, 0.717) is 31.2 Å². The number of fused-ring (bicyclic) bond motifs is 1. The fraction of sp³-hybridized carbons (Fsp3) is 0.524. The molecule has 28 heavy (non-hydrogen) atoms. The third-order valence-electron chi connectivity index (χ3n) is 5.91. The van der Waals surface area contributed by atoms with Crippen LogP contribution in [0.1, 0.15) is 36.6 Å². The number of anilines is 1. The number of aromatic nitrogens is 2. The number of rotatable bonds is 4. The van der Waals surface area contributed by atoms with Gasteiger partial charge in [-0.2, -0.15) is 0 Å². The number of aromatic hydroxyl groups is 1. The summed E-state index contributed by atoms with van der Waals surface area (Å²) in [5.41, 5.74) is 2.49. The van der Waals surface area contributed by atoms with E-state index >= 15 is 0 Å². The number of nitrogens with one attached hydrogen (secondary N) is 1. The summed E-state index contributed by atoms with van der Waals surface area (Å²) in [6, 6.07) is 5.37. The van der Waals surface area contributed by atoms with E-state index in [-0.39, 0.29) is 11.3 Å². The molecule has 2 N–H and O–H groups in total. The lowest BCUT2D eigenvalue weighted by Gasteiger charge is -2.32. The molecule has 1 saturated heterocycles. The molecule has 2 aliphatic rings. The van der Waals surface area contributed by atoms with Crippen molar-refractivity contribution in [2.24, 2.45) is 5.92 Å². The van der Waals surface area contributed by atoms with Crippen LogP contribution in [-0.4, -0.2) is 46.7 Å². The number of methoxy groups -OCH3 is 1. The van der Waals surface area contributed by atoms with Gasteiger partial charge < -0.3 is 14.7 Å². The van der Waals surface area contributed by atoms with Crippen LogP contribution in [0.3, 0.4) is 0 Å². The second-order valence-corrected chi connectivity index (χ2v) is 7.94. The second kappa shape index (κ2) is 7.83. The van der Waals surface area contributed by atoms with Gasteiger partial charge in [0.25, 0.3) is 5.56 Å². The van der Waals surface area contributed by atoms with Gasteiger partial charge in [-0.1, -0.05) is 13.0 Å². The number of aromatic amines is 1. The van der Waals surface area contributed by atoms with Crippen LogP contribution in [0.25, 0.3) is 0 Å². The predicted molar refractivity (Wildman–Crippen MR) is 108 cm³/mol. The van der Waals surface area contributed by atoms with E-state index in [1.54, 1.807) is 13.2 Å². The minimum Gasteiger partial charge on any atom is -0.507 e. The molecule has 0 amide bonds. The van der Waals surface area contributed by atoms with Crippen LogP contribution in [0, 0.1) is 5.92 Å². The molecule has 150 valence electrons. The molecule has 0 bridgehead atoms. The van der Waals surface area contributed by atoms with Crippen LogP contribution in [0.5, 0.6) is 11.5 Å². The number of phenolic OH excluding ortho intramolecular Hbond substituents is 1. The predicted octanol–water partition coefficient (Wildman–Crippen LogP) is 2.28. The maximum Gasteiger partial charge on any atom is 0.255 e. The van der Waals surface area contributed by atoms with Crippen LogP contribution < -0.4 is 15.2 Å². The molecule has 0 saturated carbocycles. The first-order valence-corrected chi connectivity index (χ1v) is 9.98. The standard InChI is InChI=1S/C21H28N4O3/c1-14-5-9-25(10-6-14)21-22-18-13-24(8-7-17(18)20(27)23-21)12-15-3-4-16(28-2)11-19(15)26/h3-4,11,14,26H,5-10,12-13H2,1-2H3,(H,22,23,27). The summed E-state index contributed by atoms with van der Waals surface area (Å²) >= 11 is 0. The van der Waals surface area contributed by atoms with E-state index in [9.17, 15) is 9.90 Å². The molecule has 0 spiro atoms. The third kappa shape index (κ3) is 3.85. The van der Waals surface area contributed by atoms with Crippen molar-refractivity contribution >= 4 is 5.95 Å². The zero-order chi connectivity index (χ0) is 19.7. The second-order valence-electron chi connectivity index (χ2n) is 7.94. The first-order valence-electron chi connectivity index (χ1n) is 9.98. The highest BCUT2D eigenvalue weighted by atomic mass is 16.5. The molecule has 2 aromatic rings. The fourth-order valence-electron chi connectivity index (χ4n) is 4.03. The lowest BCUT2D eigenvalue weighted by molar-refractivity contribution is 0.237. The van der Waals surface area contributed by atoms with Gasteiger partial charge in [-0.05, 0) is 31.2 Å². The van der Waals surface area contributed by atoms with Gasteiger partial charge in [-0.25, -0.2) is 4.98 Å². The Labute approximate surface area is 165 Å². The van der Waals surface area contributed by atoms with Crippen molar-refractivity contribution in [3.8, 4) is 11.5 Å². The number of H-pyrrole nitrogens is 1. The van der Waals surface area contributed by atoms with E-state index in [1.807, 2.05) is 12.1 Å². The Balaban J connectivity index is 1.52. The molecule has 2 aliphatic heterocycles. The first kappa shape index (κ1) is 18.8. The summed E-state index contributed by atoms with van der Waals surface area (Å²) in [6.07, 6.45) is 2.93. The molecule has 1 aromatic heterocycles. The highest BCUT2D eigenvalue weighted by molar-refractivity contribution is 5.40. The highest BCUT2D eigenvalue weighted by Gasteiger charge is 2.24. The number of hydrogen-bond acceptors (Lipinski definition) is 6. The molecule has 0 unspecified atom stereocenters. The molecule has 3 heterocycles. The number of piperidine rings is 1. The van der Waals surface area contributed by atoms with E-state index in [0.717, 1.165) is 55.2 Å². The average Bonchev–Trinajstić information content (AvgIpc) is 2.69. The molecule has 1 aromatic carbocycles. The van der Waals surface area contributed by atoms with Crippen LogP contribution in [0.4, 0.5) is 5.95 Å². The summed E-state index contributed by atoms with van der Waals surface area (Å²) in [6.45, 7) is 6.14. The van der Waals surface area contributed by atoms with Crippen molar-refractivity contribution in [2.75, 3.05) is 31.6 Å². The van der Waals surface area contributed by atoms with Crippen molar-refractivity contribution < 1.29 is 9.84 Å². The molecular formula is C21H28N4O3. The van der Waals surface area contributed by atoms with Crippen molar-refractivity contribution in [3.05, 3.63) is 45.4 Å². The van der Waals surface area contributed by atoms with Gasteiger partial charge in [0, 0.05) is 49.9 Å². The zero-order valence-corrected chi connectivity index (χ0v) is 16.6. The maximum atomic E-state index is 12.6. The summed E-state index contributed by atoms with van der Waals surface area (Å²) in [5.74, 6) is 2.30. The average molecular weight is 384 g/mol. The lowest BCUT2D eigenvalue weighted by atomic mass is 9.99. The Kier molecular flexibility index (Phi) is 5.26. The topological polar surface area (TPSA) is 81.7 Å². The van der Waals surface area contributed by atoms with E-state index in [4.69, 9.17) is 9.72 Å². The van der Waals surface area contributed by atoms with Crippen molar-refractivity contribution in [1.82, 2.24) is 14.9 Å². The van der Waals surface area contributed by atoms with Crippen LogP contribution >= 0.6 is 0 Å². The number of hydrogen-bond donors (Lipinski definition) is 2. The molecule has 0 radical (unpaired) electrons. The van der Waals surface area contributed by atoms with Crippen LogP contribution in [0.2, 0.25) is 0 Å². The SMILES string of the molecule is COc1ccc(CN2CCc3c(nc(N4CCC(C)CC4)[nH]c3=O)C2)c(O)c1. The van der Waals surface area contributed by atoms with E-state index in [1.165, 1.54) is 0 Å². The zero-order valence-electron chi connectivity index (χ0n) is 16.6. The molecule has 7 nitrogen and oxygen atoms in total. The van der Waals surface area contributed by atoms with Gasteiger partial charge in [0.2, 0.25) is 5.95 Å². The molecule has 0 aliphatic carbocycles. The van der Waals surface area contributed by atoms with Gasteiger partial charge in [-0.3, -0.25) is 14.7 Å². The van der Waals surface area contributed by atoms with Crippen molar-refractivity contribution in [3.63, 3.8) is 0 Å². The number of phenols is 1. The lowest BCUT2D eigenvalue weighted by Crippen LogP contribution is -2.39. The summed E-state index contributed by atoms with van der Waals surface area (Å²) in [4.78, 5) is 24.8. The maximum absolute atomic E-state index is 12.6. The van der Waals surface area contributed by atoms with Crippen molar-refractivity contribution in [1.29, 1.82) is 0 Å². The van der Waals surface area contributed by atoms with Crippen molar-refractivity contribution in [2.45, 2.75) is 39.3 Å². The van der Waals surface area contributed by atoms with Crippen LogP contribution in [0.15, 0.2) is 23.0 Å². The highest BCUT2D eigenvalue weighted by Crippen LogP contribution is 2.27. The monoisotopic (exact) mass is 384 g/mol. The molecule has 4 rings (SSSR count). The Morgan fingerprint density at radius 2 is 2.07 bits per heavy atom. The van der Waals surface area contributed by atoms with Gasteiger partial charge in [0.15, 0.2) is 0 Å². The van der Waals surface area contributed by atoms with E-state index in [2.05, 4.69) is 21.7 Å². The smallest absolute Gasteiger partial charge is 0.255 e. The first-order chi connectivity index (χ1) is 13.5. The minimum atomic E-state index is -0.00873. The van der Waals surface area contributed by atoms with Crippen LogP contribution in [-0.2, 0) is 19.5 Å². The summed E-state index contributed by atoms with van der Waals surface area (Å²) in [5, 5.41) is 10.2. The third-order valence-corrected chi connectivity index (χ3v) is 5.91. The van der Waals surface area contributed by atoms with Gasteiger partial charge >= 0.3 is 0 Å². The Hall–Kier alpha value is -2.54. The Morgan fingerprint density at radius 3 is 2.79 bits per heavy atom. The fourth-order valence-corrected chi connectivity index (χ4v) is 4.03.